The van der Waals surface area contributed by atoms with E-state index in [4.69, 9.17) is 9.84 Å². The minimum Gasteiger partial charge on any atom is -0.488 e. The van der Waals surface area contributed by atoms with Crippen LogP contribution in [0.1, 0.15) is 17.4 Å². The third-order valence-corrected chi connectivity index (χ3v) is 3.34. The fourth-order valence-corrected chi connectivity index (χ4v) is 2.17. The van der Waals surface area contributed by atoms with Crippen molar-refractivity contribution in [3.05, 3.63) is 46.6 Å². The standard InChI is InChI=1S/C14H13BrN2O3/c1-8(2)7-20-12-5-3-4-9(13(12)15)10-6-11(14(18)19)17-16-10/h3-6H,1,7H2,2H3,(H,16,17)(H,18,19). The Balaban J connectivity index is 2.34. The number of nitrogens with zero attached hydrogens (tertiary/aromatic N) is 1. The number of halogens is 1. The lowest BCUT2D eigenvalue weighted by atomic mass is 10.1. The number of aromatic nitrogens is 2. The summed E-state index contributed by atoms with van der Waals surface area (Å²) in [6.07, 6.45) is 0. The second-order valence-electron chi connectivity index (χ2n) is 4.34. The lowest BCUT2D eigenvalue weighted by Gasteiger charge is -2.10. The molecule has 2 aromatic rings. The number of carboxylic acids is 1. The third-order valence-electron chi connectivity index (χ3n) is 2.52. The van der Waals surface area contributed by atoms with E-state index in [1.807, 2.05) is 25.1 Å². The van der Waals surface area contributed by atoms with Gasteiger partial charge in [0.15, 0.2) is 0 Å². The van der Waals surface area contributed by atoms with Gasteiger partial charge in [-0.1, -0.05) is 18.7 Å². The van der Waals surface area contributed by atoms with Crippen LogP contribution in [0.3, 0.4) is 0 Å². The number of H-pyrrole nitrogens is 1. The maximum Gasteiger partial charge on any atom is 0.353 e. The molecule has 0 radical (unpaired) electrons. The van der Waals surface area contributed by atoms with Gasteiger partial charge in [0.1, 0.15) is 18.1 Å². The normalized spacial score (nSPS) is 10.3. The number of carboxylic acid groups (broad SMARTS) is 1. The summed E-state index contributed by atoms with van der Waals surface area (Å²) in [5, 5.41) is 15.4. The number of benzene rings is 1. The smallest absolute Gasteiger partial charge is 0.353 e. The zero-order chi connectivity index (χ0) is 14.7. The van der Waals surface area contributed by atoms with Crippen LogP contribution in [-0.2, 0) is 0 Å². The molecule has 0 aliphatic rings. The third kappa shape index (κ3) is 3.08. The number of rotatable bonds is 5. The van der Waals surface area contributed by atoms with E-state index < -0.39 is 5.97 Å². The van der Waals surface area contributed by atoms with E-state index in [1.54, 1.807) is 0 Å². The van der Waals surface area contributed by atoms with Crippen molar-refractivity contribution in [3.8, 4) is 17.0 Å². The molecule has 2 N–H and O–H groups in total. The second-order valence-corrected chi connectivity index (χ2v) is 5.13. The van der Waals surface area contributed by atoms with Crippen molar-refractivity contribution in [2.24, 2.45) is 0 Å². The van der Waals surface area contributed by atoms with E-state index in [9.17, 15) is 4.79 Å². The second kappa shape index (κ2) is 5.92. The van der Waals surface area contributed by atoms with Gasteiger partial charge in [0, 0.05) is 5.56 Å². The number of hydrogen-bond donors (Lipinski definition) is 2. The van der Waals surface area contributed by atoms with Gasteiger partial charge in [0.2, 0.25) is 0 Å². The molecule has 1 aromatic carbocycles. The van der Waals surface area contributed by atoms with Gasteiger partial charge in [-0.2, -0.15) is 5.10 Å². The predicted octanol–water partition coefficient (Wildman–Crippen LogP) is 3.49. The first-order valence-corrected chi connectivity index (χ1v) is 6.63. The van der Waals surface area contributed by atoms with Crippen LogP contribution < -0.4 is 4.74 Å². The summed E-state index contributed by atoms with van der Waals surface area (Å²) in [5.41, 5.74) is 2.25. The first-order valence-electron chi connectivity index (χ1n) is 5.84. The molecule has 0 spiro atoms. The number of carbonyl (C=O) groups is 1. The maximum absolute atomic E-state index is 10.9. The molecule has 5 nitrogen and oxygen atoms in total. The molecule has 20 heavy (non-hydrogen) atoms. The van der Waals surface area contributed by atoms with Crippen LogP contribution in [0.15, 0.2) is 40.9 Å². The molecule has 0 bridgehead atoms. The monoisotopic (exact) mass is 336 g/mol. The van der Waals surface area contributed by atoms with Gasteiger partial charge in [-0.05, 0) is 40.6 Å². The van der Waals surface area contributed by atoms with E-state index in [1.165, 1.54) is 6.07 Å². The number of ether oxygens (including phenoxy) is 1. The first-order chi connectivity index (χ1) is 9.49. The van der Waals surface area contributed by atoms with Crippen LogP contribution in [0.4, 0.5) is 0 Å². The van der Waals surface area contributed by atoms with Gasteiger partial charge < -0.3 is 9.84 Å². The average molecular weight is 337 g/mol. The number of hydrogen-bond acceptors (Lipinski definition) is 3. The van der Waals surface area contributed by atoms with E-state index in [0.29, 0.717) is 18.1 Å². The quantitative estimate of drug-likeness (QED) is 0.819. The highest BCUT2D eigenvalue weighted by Gasteiger charge is 2.14. The Kier molecular flexibility index (Phi) is 4.24. The topological polar surface area (TPSA) is 75.2 Å². The molecule has 0 saturated heterocycles. The first kappa shape index (κ1) is 14.3. The molecule has 0 aliphatic heterocycles. The number of aromatic amines is 1. The average Bonchev–Trinajstić information content (AvgIpc) is 2.87. The maximum atomic E-state index is 10.9. The molecular weight excluding hydrogens is 324 g/mol. The summed E-state index contributed by atoms with van der Waals surface area (Å²) >= 11 is 3.46. The van der Waals surface area contributed by atoms with Crippen molar-refractivity contribution in [1.82, 2.24) is 10.2 Å². The Morgan fingerprint density at radius 2 is 2.30 bits per heavy atom. The summed E-state index contributed by atoms with van der Waals surface area (Å²) in [4.78, 5) is 10.9. The van der Waals surface area contributed by atoms with E-state index in [-0.39, 0.29) is 5.69 Å². The largest absolute Gasteiger partial charge is 0.488 e. The fourth-order valence-electron chi connectivity index (χ4n) is 1.59. The zero-order valence-electron chi connectivity index (χ0n) is 10.8. The summed E-state index contributed by atoms with van der Waals surface area (Å²) in [6.45, 7) is 6.08. The van der Waals surface area contributed by atoms with Crippen molar-refractivity contribution in [2.45, 2.75) is 6.92 Å². The Labute approximate surface area is 124 Å². The van der Waals surface area contributed by atoms with Crippen molar-refractivity contribution < 1.29 is 14.6 Å². The molecule has 0 unspecified atom stereocenters. The Morgan fingerprint density at radius 1 is 1.55 bits per heavy atom. The van der Waals surface area contributed by atoms with Crippen molar-refractivity contribution in [2.75, 3.05) is 6.61 Å². The highest BCUT2D eigenvalue weighted by atomic mass is 79.9. The van der Waals surface area contributed by atoms with Gasteiger partial charge in [-0.3, -0.25) is 5.10 Å². The Morgan fingerprint density at radius 3 is 2.90 bits per heavy atom. The molecule has 0 aliphatic carbocycles. The van der Waals surface area contributed by atoms with Gasteiger partial charge >= 0.3 is 5.97 Å². The van der Waals surface area contributed by atoms with E-state index in [2.05, 4.69) is 32.7 Å². The van der Waals surface area contributed by atoms with Crippen molar-refractivity contribution in [3.63, 3.8) is 0 Å². The van der Waals surface area contributed by atoms with Gasteiger partial charge in [0.05, 0.1) is 10.2 Å². The predicted molar refractivity (Wildman–Crippen MR) is 79.0 cm³/mol. The summed E-state index contributed by atoms with van der Waals surface area (Å²) < 4.78 is 6.34. The molecule has 0 fully saturated rings. The molecule has 6 heteroatoms. The van der Waals surface area contributed by atoms with Crippen molar-refractivity contribution >= 4 is 21.9 Å². The number of aromatic carboxylic acids is 1. The van der Waals surface area contributed by atoms with Gasteiger partial charge in [0.25, 0.3) is 0 Å². The Bertz CT molecular complexity index is 664. The number of nitrogens with one attached hydrogen (secondary N) is 1. The minimum atomic E-state index is -1.05. The molecule has 1 heterocycles. The van der Waals surface area contributed by atoms with Crippen LogP contribution in [0.25, 0.3) is 11.3 Å². The zero-order valence-corrected chi connectivity index (χ0v) is 12.4. The molecule has 0 amide bonds. The molecule has 1 aromatic heterocycles. The highest BCUT2D eigenvalue weighted by Crippen LogP contribution is 2.35. The minimum absolute atomic E-state index is 0.0418. The van der Waals surface area contributed by atoms with Crippen LogP contribution in [0.5, 0.6) is 5.75 Å². The molecular formula is C14H13BrN2O3. The molecule has 0 saturated carbocycles. The van der Waals surface area contributed by atoms with Gasteiger partial charge in [-0.15, -0.1) is 0 Å². The van der Waals surface area contributed by atoms with Crippen LogP contribution >= 0.6 is 15.9 Å². The summed E-state index contributed by atoms with van der Waals surface area (Å²) in [6, 6.07) is 6.95. The highest BCUT2D eigenvalue weighted by molar-refractivity contribution is 9.10. The molecule has 104 valence electrons. The van der Waals surface area contributed by atoms with Crippen molar-refractivity contribution in [1.29, 1.82) is 0 Å². The van der Waals surface area contributed by atoms with Gasteiger partial charge in [-0.25, -0.2) is 4.79 Å². The fraction of sp³-hybridized carbons (Fsp3) is 0.143. The van der Waals surface area contributed by atoms with Crippen LogP contribution in [0, 0.1) is 0 Å². The summed E-state index contributed by atoms with van der Waals surface area (Å²) in [5.74, 6) is -0.389. The lowest BCUT2D eigenvalue weighted by molar-refractivity contribution is 0.0690. The lowest BCUT2D eigenvalue weighted by Crippen LogP contribution is -1.98. The van der Waals surface area contributed by atoms with E-state index in [0.717, 1.165) is 15.6 Å². The van der Waals surface area contributed by atoms with Crippen LogP contribution in [-0.4, -0.2) is 27.9 Å². The SMILES string of the molecule is C=C(C)COc1cccc(-c2cc(C(=O)O)[nH]n2)c1Br. The van der Waals surface area contributed by atoms with E-state index >= 15 is 0 Å². The Hall–Kier alpha value is -2.08. The van der Waals surface area contributed by atoms with Crippen LogP contribution in [0.2, 0.25) is 0 Å². The summed E-state index contributed by atoms with van der Waals surface area (Å²) in [7, 11) is 0. The molecule has 2 rings (SSSR count). The molecule has 0 atom stereocenters.